The molecule has 1 aliphatic heterocycles. The van der Waals surface area contributed by atoms with Crippen LogP contribution in [-0.4, -0.2) is 33.2 Å². The summed E-state index contributed by atoms with van der Waals surface area (Å²) in [5.74, 6) is -0.920. The Kier molecular flexibility index (Phi) is 3.36. The van der Waals surface area contributed by atoms with E-state index in [1.54, 1.807) is 6.07 Å². The number of nitrogens with zero attached hydrogens (tertiary/aromatic N) is 1. The number of carbonyl (C=O) groups is 1. The van der Waals surface area contributed by atoms with Gasteiger partial charge in [-0.05, 0) is 18.6 Å². The molecule has 1 N–H and O–H groups in total. The molecule has 2 rings (SSSR count). The van der Waals surface area contributed by atoms with Gasteiger partial charge in [0, 0.05) is 6.54 Å². The molecule has 98 valence electrons. The van der Waals surface area contributed by atoms with Crippen molar-refractivity contribution >= 4 is 21.6 Å². The van der Waals surface area contributed by atoms with E-state index < -0.39 is 27.8 Å². The van der Waals surface area contributed by atoms with Crippen LogP contribution < -0.4 is 9.62 Å². The van der Waals surface area contributed by atoms with Crippen LogP contribution in [0.3, 0.4) is 0 Å². The molecular formula is C11H13FN2O3S. The molecule has 5 nitrogen and oxygen atoms in total. The van der Waals surface area contributed by atoms with E-state index >= 15 is 0 Å². The Morgan fingerprint density at radius 2 is 2.06 bits per heavy atom. The molecule has 1 aromatic rings. The second kappa shape index (κ2) is 4.66. The zero-order chi connectivity index (χ0) is 13.3. The van der Waals surface area contributed by atoms with Crippen molar-refractivity contribution in [3.8, 4) is 0 Å². The molecule has 0 bridgehead atoms. The van der Waals surface area contributed by atoms with Crippen molar-refractivity contribution in [2.75, 3.05) is 17.7 Å². The second-order valence-electron chi connectivity index (χ2n) is 4.17. The smallest absolute Gasteiger partial charge is 0.245 e. The van der Waals surface area contributed by atoms with Crippen molar-refractivity contribution in [3.63, 3.8) is 0 Å². The van der Waals surface area contributed by atoms with E-state index in [4.69, 9.17) is 0 Å². The van der Waals surface area contributed by atoms with E-state index in [0.717, 1.165) is 6.26 Å². The molecule has 1 saturated heterocycles. The third kappa shape index (κ3) is 2.68. The van der Waals surface area contributed by atoms with Gasteiger partial charge in [-0.15, -0.1) is 0 Å². The van der Waals surface area contributed by atoms with Crippen molar-refractivity contribution < 1.29 is 17.6 Å². The topological polar surface area (TPSA) is 66.5 Å². The van der Waals surface area contributed by atoms with Gasteiger partial charge in [0.05, 0.1) is 11.9 Å². The minimum absolute atomic E-state index is 0.181. The quantitative estimate of drug-likeness (QED) is 0.870. The average molecular weight is 272 g/mol. The number of halogens is 1. The van der Waals surface area contributed by atoms with E-state index in [0.29, 0.717) is 13.0 Å². The number of amides is 1. The number of carbonyl (C=O) groups excluding carboxylic acids is 1. The second-order valence-corrected chi connectivity index (χ2v) is 5.95. The first-order valence-corrected chi connectivity index (χ1v) is 7.31. The number of sulfonamides is 1. The summed E-state index contributed by atoms with van der Waals surface area (Å²) < 4.78 is 38.0. The van der Waals surface area contributed by atoms with Crippen molar-refractivity contribution in [1.82, 2.24) is 4.72 Å². The van der Waals surface area contributed by atoms with E-state index in [-0.39, 0.29) is 5.69 Å². The van der Waals surface area contributed by atoms with Crippen LogP contribution in [-0.2, 0) is 14.8 Å². The van der Waals surface area contributed by atoms with Crippen molar-refractivity contribution in [3.05, 3.63) is 30.1 Å². The molecule has 1 atom stereocenters. The number of para-hydroxylation sites is 1. The summed E-state index contributed by atoms with van der Waals surface area (Å²) in [7, 11) is -3.45. The molecule has 1 fully saturated rings. The van der Waals surface area contributed by atoms with Gasteiger partial charge in [0.25, 0.3) is 0 Å². The minimum atomic E-state index is -3.45. The Morgan fingerprint density at radius 3 is 2.67 bits per heavy atom. The van der Waals surface area contributed by atoms with E-state index in [9.17, 15) is 17.6 Å². The Bertz CT molecular complexity index is 573. The van der Waals surface area contributed by atoms with E-state index in [1.807, 2.05) is 0 Å². The summed E-state index contributed by atoms with van der Waals surface area (Å²) in [6.07, 6.45) is 1.33. The van der Waals surface area contributed by atoms with Crippen molar-refractivity contribution in [2.24, 2.45) is 0 Å². The average Bonchev–Trinajstić information content (AvgIpc) is 2.59. The molecular weight excluding hydrogens is 259 g/mol. The standard InChI is InChI=1S/C11H13FN2O3S/c1-18(16,17)13-9-6-7-14(11(9)15)10-5-3-2-4-8(10)12/h2-5,9,13H,6-7H2,1H3/t9-/m1/s1. The highest BCUT2D eigenvalue weighted by atomic mass is 32.2. The molecule has 1 heterocycles. The zero-order valence-corrected chi connectivity index (χ0v) is 10.6. The number of hydrogen-bond donors (Lipinski definition) is 1. The first kappa shape index (κ1) is 13.0. The molecule has 0 spiro atoms. The van der Waals surface area contributed by atoms with Gasteiger partial charge >= 0.3 is 0 Å². The maximum atomic E-state index is 13.5. The third-order valence-electron chi connectivity index (χ3n) is 2.71. The van der Waals surface area contributed by atoms with Gasteiger partial charge in [-0.2, -0.15) is 0 Å². The first-order chi connectivity index (χ1) is 8.38. The third-order valence-corrected chi connectivity index (χ3v) is 3.42. The number of nitrogens with one attached hydrogen (secondary N) is 1. The van der Waals surface area contributed by atoms with Crippen LogP contribution in [0.15, 0.2) is 24.3 Å². The summed E-state index contributed by atoms with van der Waals surface area (Å²) in [6.45, 7) is 0.299. The van der Waals surface area contributed by atoms with Gasteiger partial charge in [0.1, 0.15) is 11.9 Å². The normalized spacial score (nSPS) is 20.4. The van der Waals surface area contributed by atoms with Gasteiger partial charge in [0.15, 0.2) is 0 Å². The van der Waals surface area contributed by atoms with Crippen LogP contribution in [0, 0.1) is 5.82 Å². The Hall–Kier alpha value is -1.47. The van der Waals surface area contributed by atoms with Gasteiger partial charge in [-0.1, -0.05) is 12.1 Å². The predicted molar refractivity (Wildman–Crippen MR) is 65.1 cm³/mol. The molecule has 1 aliphatic rings. The molecule has 0 aromatic heterocycles. The number of hydrogen-bond acceptors (Lipinski definition) is 3. The lowest BCUT2D eigenvalue weighted by Gasteiger charge is -2.17. The van der Waals surface area contributed by atoms with Crippen LogP contribution in [0.2, 0.25) is 0 Å². The van der Waals surface area contributed by atoms with E-state index in [1.165, 1.54) is 23.1 Å². The van der Waals surface area contributed by atoms with Crippen LogP contribution in [0.1, 0.15) is 6.42 Å². The van der Waals surface area contributed by atoms with Crippen molar-refractivity contribution in [2.45, 2.75) is 12.5 Å². The molecule has 0 unspecified atom stereocenters. The summed E-state index contributed by atoms with van der Waals surface area (Å²) >= 11 is 0. The number of rotatable bonds is 3. The molecule has 0 aliphatic carbocycles. The fraction of sp³-hybridized carbons (Fsp3) is 0.364. The number of benzene rings is 1. The van der Waals surface area contributed by atoms with Gasteiger partial charge in [0.2, 0.25) is 15.9 Å². The molecule has 1 amide bonds. The van der Waals surface area contributed by atoms with Gasteiger partial charge in [-0.3, -0.25) is 4.79 Å². The van der Waals surface area contributed by atoms with Crippen LogP contribution in [0.5, 0.6) is 0 Å². The summed E-state index contributed by atoms with van der Waals surface area (Å²) in [4.78, 5) is 13.2. The van der Waals surface area contributed by atoms with Gasteiger partial charge in [-0.25, -0.2) is 17.5 Å². The fourth-order valence-corrected chi connectivity index (χ4v) is 2.69. The molecule has 1 aromatic carbocycles. The highest BCUT2D eigenvalue weighted by molar-refractivity contribution is 7.88. The molecule has 0 radical (unpaired) electrons. The van der Waals surface area contributed by atoms with Gasteiger partial charge < -0.3 is 4.90 Å². The monoisotopic (exact) mass is 272 g/mol. The minimum Gasteiger partial charge on any atom is -0.308 e. The molecule has 18 heavy (non-hydrogen) atoms. The van der Waals surface area contributed by atoms with Crippen molar-refractivity contribution in [1.29, 1.82) is 0 Å². The highest BCUT2D eigenvalue weighted by Crippen LogP contribution is 2.24. The molecule has 0 saturated carbocycles. The largest absolute Gasteiger partial charge is 0.308 e. The van der Waals surface area contributed by atoms with Crippen LogP contribution >= 0.6 is 0 Å². The SMILES string of the molecule is CS(=O)(=O)N[C@@H]1CCN(c2ccccc2F)C1=O. The summed E-state index contributed by atoms with van der Waals surface area (Å²) in [5.41, 5.74) is 0.181. The Balaban J connectivity index is 2.20. The fourth-order valence-electron chi connectivity index (χ4n) is 1.96. The lowest BCUT2D eigenvalue weighted by atomic mass is 10.2. The number of anilines is 1. The van der Waals surface area contributed by atoms with Crippen LogP contribution in [0.4, 0.5) is 10.1 Å². The lowest BCUT2D eigenvalue weighted by molar-refractivity contribution is -0.118. The summed E-state index contributed by atoms with van der Waals surface area (Å²) in [5, 5.41) is 0. The predicted octanol–water partition coefficient (Wildman–Crippen LogP) is 0.480. The molecule has 7 heteroatoms. The maximum absolute atomic E-state index is 13.5. The Labute approximate surface area is 105 Å². The zero-order valence-electron chi connectivity index (χ0n) is 9.76. The lowest BCUT2D eigenvalue weighted by Crippen LogP contribution is -2.41. The summed E-state index contributed by atoms with van der Waals surface area (Å²) in [6, 6.07) is 5.12. The highest BCUT2D eigenvalue weighted by Gasteiger charge is 2.35. The maximum Gasteiger partial charge on any atom is 0.245 e. The van der Waals surface area contributed by atoms with Crippen LogP contribution in [0.25, 0.3) is 0 Å². The first-order valence-electron chi connectivity index (χ1n) is 5.42. The van der Waals surface area contributed by atoms with E-state index in [2.05, 4.69) is 4.72 Å². The Morgan fingerprint density at radius 1 is 1.39 bits per heavy atom.